The van der Waals surface area contributed by atoms with E-state index in [9.17, 15) is 14.7 Å². The number of carboxylic acid groups (broad SMARTS) is 1. The van der Waals surface area contributed by atoms with Gasteiger partial charge in [0, 0.05) is 66.1 Å². The van der Waals surface area contributed by atoms with Crippen molar-refractivity contribution in [3.05, 3.63) is 124 Å². The molecule has 1 saturated heterocycles. The van der Waals surface area contributed by atoms with Crippen molar-refractivity contribution in [2.45, 2.75) is 88.5 Å². The van der Waals surface area contributed by atoms with E-state index < -0.39 is 11.5 Å². The number of benzene rings is 3. The van der Waals surface area contributed by atoms with Gasteiger partial charge in [-0.15, -0.1) is 0 Å². The minimum atomic E-state index is -1.14. The molecule has 3 aromatic carbocycles. The first-order valence-corrected chi connectivity index (χ1v) is 23.0. The Morgan fingerprint density at radius 2 is 1.73 bits per heavy atom. The van der Waals surface area contributed by atoms with Crippen LogP contribution in [0.25, 0.3) is 11.4 Å². The van der Waals surface area contributed by atoms with Crippen LogP contribution in [-0.2, 0) is 23.1 Å². The van der Waals surface area contributed by atoms with E-state index in [1.54, 1.807) is 25.4 Å². The standard InChI is InChI=1S/C51H57ClN6O5/c1-33(32-63-44-16-22-53-42-12-6-8-34(2)46(42)44)28-37-29-35-14-15-36(30-41(35)50(37)18-20-51(21-19-50,49(60)61)56-39-10-7-9-38(52)31-39)48(59)58-26-24-57(25-27-58)45-17-23-54-47(55-45)40-11-4-5-13-43(40)62-3/h4-5,7,9-11,13-17,22-23,30-31,33-34,37,56H,6,8,12,18-21,24-29,32H2,1-3H3,(H,60,61)/t33-,34-,37?,50?,51?/m1/s1. The summed E-state index contributed by atoms with van der Waals surface area (Å²) >= 11 is 6.34. The highest BCUT2D eigenvalue weighted by Gasteiger charge is 2.54. The summed E-state index contributed by atoms with van der Waals surface area (Å²) in [6.07, 6.45) is 11.0. The molecular weight excluding hydrogens is 812 g/mol. The second-order valence-electron chi connectivity index (χ2n) is 18.3. The second-order valence-corrected chi connectivity index (χ2v) is 18.7. The Hall–Kier alpha value is -5.68. The molecule has 63 heavy (non-hydrogen) atoms. The van der Waals surface area contributed by atoms with Gasteiger partial charge in [0.15, 0.2) is 5.82 Å². The summed E-state index contributed by atoms with van der Waals surface area (Å²) in [7, 11) is 1.64. The Morgan fingerprint density at radius 3 is 2.51 bits per heavy atom. The van der Waals surface area contributed by atoms with E-state index in [2.05, 4.69) is 46.2 Å². The molecule has 328 valence electrons. The van der Waals surface area contributed by atoms with Crippen LogP contribution in [0.15, 0.2) is 91.3 Å². The summed E-state index contributed by atoms with van der Waals surface area (Å²) in [5.41, 5.74) is 5.67. The van der Waals surface area contributed by atoms with E-state index in [1.807, 2.05) is 65.7 Å². The lowest BCUT2D eigenvalue weighted by molar-refractivity contribution is -0.144. The molecule has 3 atom stereocenters. The fourth-order valence-corrected chi connectivity index (χ4v) is 11.2. The van der Waals surface area contributed by atoms with Crippen LogP contribution in [0.2, 0.25) is 5.02 Å². The number of rotatable bonds is 12. The normalized spacial score (nSPS) is 23.4. The minimum absolute atomic E-state index is 0.0171. The Labute approximate surface area is 375 Å². The molecule has 3 aliphatic carbocycles. The molecule has 1 saturated carbocycles. The molecule has 1 amide bonds. The third-order valence-corrected chi connectivity index (χ3v) is 14.7. The maximum atomic E-state index is 14.4. The lowest BCUT2D eigenvalue weighted by atomic mass is 9.59. The number of hydrogen-bond acceptors (Lipinski definition) is 9. The number of nitrogens with zero attached hydrogens (tertiary/aromatic N) is 5. The third kappa shape index (κ3) is 8.44. The number of piperazine rings is 1. The summed E-state index contributed by atoms with van der Waals surface area (Å²) in [4.78, 5) is 45.8. The number of nitrogens with one attached hydrogen (secondary N) is 1. The lowest BCUT2D eigenvalue weighted by Gasteiger charge is -2.47. The van der Waals surface area contributed by atoms with Crippen LogP contribution in [0.1, 0.15) is 97.5 Å². The largest absolute Gasteiger partial charge is 0.496 e. The zero-order chi connectivity index (χ0) is 43.7. The topological polar surface area (TPSA) is 130 Å². The van der Waals surface area contributed by atoms with Gasteiger partial charge in [-0.3, -0.25) is 9.78 Å². The predicted molar refractivity (Wildman–Crippen MR) is 246 cm³/mol. The number of amides is 1. The van der Waals surface area contributed by atoms with Gasteiger partial charge in [0.2, 0.25) is 0 Å². The molecule has 2 aromatic heterocycles. The molecular formula is C51H57ClN6O5. The Kier molecular flexibility index (Phi) is 12.1. The minimum Gasteiger partial charge on any atom is -0.496 e. The zero-order valence-electron chi connectivity index (χ0n) is 36.5. The molecule has 2 N–H and O–H groups in total. The van der Waals surface area contributed by atoms with E-state index >= 15 is 0 Å². The van der Waals surface area contributed by atoms with Gasteiger partial charge in [-0.25, -0.2) is 14.8 Å². The van der Waals surface area contributed by atoms with Gasteiger partial charge in [0.25, 0.3) is 5.91 Å². The monoisotopic (exact) mass is 868 g/mol. The smallest absolute Gasteiger partial charge is 0.329 e. The van der Waals surface area contributed by atoms with Crippen molar-refractivity contribution in [3.63, 3.8) is 0 Å². The highest BCUT2D eigenvalue weighted by Crippen LogP contribution is 2.56. The number of fused-ring (bicyclic) bond motifs is 3. The van der Waals surface area contributed by atoms with Crippen LogP contribution in [-0.4, -0.2) is 82.3 Å². The number of carboxylic acids is 1. The number of hydrogen-bond donors (Lipinski definition) is 2. The fraction of sp³-hybridized carbons (Fsp3) is 0.431. The van der Waals surface area contributed by atoms with Crippen LogP contribution in [0, 0.1) is 11.8 Å². The van der Waals surface area contributed by atoms with Crippen molar-refractivity contribution in [3.8, 4) is 22.9 Å². The number of anilines is 2. The van der Waals surface area contributed by atoms with Crippen molar-refractivity contribution < 1.29 is 24.2 Å². The predicted octanol–water partition coefficient (Wildman–Crippen LogP) is 9.63. The maximum absolute atomic E-state index is 14.4. The molecule has 1 unspecified atom stereocenters. The van der Waals surface area contributed by atoms with Crippen molar-refractivity contribution in [2.75, 3.05) is 50.1 Å². The number of carbonyl (C=O) groups excluding carboxylic acids is 1. The SMILES string of the molecule is COc1ccccc1-c1nccc(N2CCN(C(=O)c3ccc4c(c3)C3(CCC(Nc5cccc(Cl)c5)(C(=O)O)CC3)C(C[C@@H](C)COc3ccnc5c3[C@H](C)CCC5)C4)CC2)n1. The number of aromatic nitrogens is 3. The van der Waals surface area contributed by atoms with Gasteiger partial charge in [-0.1, -0.05) is 49.7 Å². The van der Waals surface area contributed by atoms with E-state index in [0.717, 1.165) is 54.9 Å². The third-order valence-electron chi connectivity index (χ3n) is 14.4. The molecule has 9 rings (SSSR count). The van der Waals surface area contributed by atoms with Crippen molar-refractivity contribution in [1.29, 1.82) is 0 Å². The number of para-hydroxylation sites is 1. The zero-order valence-corrected chi connectivity index (χ0v) is 37.2. The van der Waals surface area contributed by atoms with Crippen LogP contribution in [0.3, 0.4) is 0 Å². The van der Waals surface area contributed by atoms with Crippen LogP contribution >= 0.6 is 11.6 Å². The summed E-state index contributed by atoms with van der Waals surface area (Å²) in [6.45, 7) is 7.54. The van der Waals surface area contributed by atoms with Crippen LogP contribution in [0.5, 0.6) is 11.5 Å². The van der Waals surface area contributed by atoms with E-state index in [4.69, 9.17) is 26.1 Å². The molecule has 1 spiro atoms. The van der Waals surface area contributed by atoms with Crippen molar-refractivity contribution >= 4 is 35.0 Å². The highest BCUT2D eigenvalue weighted by atomic mass is 35.5. The average Bonchev–Trinajstić information content (AvgIpc) is 3.59. The van der Waals surface area contributed by atoms with E-state index in [0.29, 0.717) is 92.2 Å². The first kappa shape index (κ1) is 42.6. The number of methoxy groups -OCH3 is 1. The van der Waals surface area contributed by atoms with Crippen LogP contribution < -0.4 is 19.7 Å². The summed E-state index contributed by atoms with van der Waals surface area (Å²) in [5.74, 6) is 3.18. The van der Waals surface area contributed by atoms with E-state index in [-0.39, 0.29) is 23.2 Å². The lowest BCUT2D eigenvalue weighted by Crippen LogP contribution is -2.53. The summed E-state index contributed by atoms with van der Waals surface area (Å²) in [5, 5.41) is 14.8. The number of aryl methyl sites for hydroxylation is 1. The maximum Gasteiger partial charge on any atom is 0.329 e. The van der Waals surface area contributed by atoms with Crippen molar-refractivity contribution in [2.24, 2.45) is 11.8 Å². The number of halogens is 1. The number of ether oxygens (including phenoxy) is 2. The van der Waals surface area contributed by atoms with E-state index in [1.165, 1.54) is 16.7 Å². The number of pyridine rings is 1. The molecule has 3 heterocycles. The quantitative estimate of drug-likeness (QED) is 0.125. The number of aliphatic carboxylic acids is 1. The molecule has 11 nitrogen and oxygen atoms in total. The van der Waals surface area contributed by atoms with Gasteiger partial charge in [-0.05, 0) is 147 Å². The molecule has 12 heteroatoms. The summed E-state index contributed by atoms with van der Waals surface area (Å²) < 4.78 is 12.2. The molecule has 1 aliphatic heterocycles. The fourth-order valence-electron chi connectivity index (χ4n) is 11.0. The first-order valence-electron chi connectivity index (χ1n) is 22.6. The average molecular weight is 870 g/mol. The molecule has 2 fully saturated rings. The Bertz CT molecular complexity index is 2480. The number of carbonyl (C=O) groups is 2. The Morgan fingerprint density at radius 1 is 0.937 bits per heavy atom. The van der Waals surface area contributed by atoms with Gasteiger partial charge in [0.05, 0.1) is 19.3 Å². The summed E-state index contributed by atoms with van der Waals surface area (Å²) in [6, 6.07) is 25.3. The highest BCUT2D eigenvalue weighted by molar-refractivity contribution is 6.30. The van der Waals surface area contributed by atoms with Gasteiger partial charge < -0.3 is 29.7 Å². The van der Waals surface area contributed by atoms with Crippen LogP contribution in [0.4, 0.5) is 11.5 Å². The molecule has 4 aliphatic rings. The molecule has 0 bridgehead atoms. The molecule has 0 radical (unpaired) electrons. The second kappa shape index (κ2) is 17.8. The Balaban J connectivity index is 0.939. The van der Waals surface area contributed by atoms with Gasteiger partial charge >= 0.3 is 5.97 Å². The van der Waals surface area contributed by atoms with Crippen molar-refractivity contribution in [1.82, 2.24) is 19.9 Å². The first-order chi connectivity index (χ1) is 30.6. The van der Waals surface area contributed by atoms with Gasteiger partial charge in [0.1, 0.15) is 22.9 Å². The molecule has 5 aromatic rings. The van der Waals surface area contributed by atoms with Gasteiger partial charge in [-0.2, -0.15) is 0 Å².